The number of pyridine rings is 2. The molecular formula is C34H30F12N6O4. The Bertz CT molecular complexity index is 1910. The Labute approximate surface area is 308 Å². The molecule has 0 aliphatic carbocycles. The van der Waals surface area contributed by atoms with Crippen LogP contribution >= 0.6 is 0 Å². The van der Waals surface area contributed by atoms with Crippen LogP contribution in [0.15, 0.2) is 59.1 Å². The molecule has 56 heavy (non-hydrogen) atoms. The van der Waals surface area contributed by atoms with Gasteiger partial charge in [-0.2, -0.15) is 52.7 Å². The number of hydrogen-bond acceptors (Lipinski definition) is 8. The normalized spacial score (nSPS) is 19.7. The molecule has 4 heterocycles. The Balaban J connectivity index is 0.000000214. The fraction of sp³-hybridized carbons (Fsp3) is 0.471. The van der Waals surface area contributed by atoms with E-state index in [1.807, 2.05) is 0 Å². The van der Waals surface area contributed by atoms with Crippen LogP contribution in [0.3, 0.4) is 0 Å². The Morgan fingerprint density at radius 3 is 1.23 bits per heavy atom. The summed E-state index contributed by atoms with van der Waals surface area (Å²) < 4.78 is 159. The van der Waals surface area contributed by atoms with Crippen molar-refractivity contribution in [3.63, 3.8) is 0 Å². The van der Waals surface area contributed by atoms with E-state index < -0.39 is 82.5 Å². The maximum absolute atomic E-state index is 13.3. The monoisotopic (exact) mass is 814 g/mol. The van der Waals surface area contributed by atoms with Gasteiger partial charge in [-0.15, -0.1) is 9.81 Å². The summed E-state index contributed by atoms with van der Waals surface area (Å²) in [5.74, 6) is 0. The van der Waals surface area contributed by atoms with Gasteiger partial charge in [-0.25, -0.2) is 9.97 Å². The standard InChI is InChI=1S/2C17H15F6N3O2/c2*18-16(19,20)11-5-3-4-9-10(8-13(17(21,22)23)24-14(9)11)15(27)12-6-1-2-7-26(12)25-28/h2*3-5,8,12,15,27H,1-2,6-7H2/t2*12-,15+/m10/s1. The molecule has 6 rings (SSSR count). The largest absolute Gasteiger partial charge is 0.433 e. The number of hydrogen-bond donors (Lipinski definition) is 2. The molecule has 2 aromatic carbocycles. The molecule has 2 aromatic heterocycles. The Morgan fingerprint density at radius 1 is 0.571 bits per heavy atom. The number of aliphatic hydroxyl groups excluding tert-OH is 2. The maximum atomic E-state index is 13.3. The second-order valence-corrected chi connectivity index (χ2v) is 13.1. The number of benzene rings is 2. The van der Waals surface area contributed by atoms with Crippen molar-refractivity contribution >= 4 is 21.8 Å². The number of rotatable bonds is 6. The number of aliphatic hydroxyl groups is 2. The molecule has 0 radical (unpaired) electrons. The van der Waals surface area contributed by atoms with Crippen molar-refractivity contribution < 1.29 is 62.9 Å². The van der Waals surface area contributed by atoms with Crippen LogP contribution < -0.4 is 0 Å². The van der Waals surface area contributed by atoms with Crippen LogP contribution in [0.4, 0.5) is 52.7 Å². The SMILES string of the molecule is O=NN1CCCC[C@@H]1[C@@H](O)c1cc(C(F)(F)F)nc2c(C(F)(F)F)cccc12.O=NN1CCCC[C@H]1[C@H](O)c1cc(C(F)(F)F)nc2c(C(F)(F)F)cccc12. The lowest BCUT2D eigenvalue weighted by Crippen LogP contribution is -2.39. The van der Waals surface area contributed by atoms with Gasteiger partial charge in [0.05, 0.1) is 44.8 Å². The zero-order chi connectivity index (χ0) is 41.4. The average molecular weight is 815 g/mol. The molecule has 2 N–H and O–H groups in total. The van der Waals surface area contributed by atoms with Gasteiger partial charge in [0.25, 0.3) is 0 Å². The third-order valence-electron chi connectivity index (χ3n) is 9.55. The van der Waals surface area contributed by atoms with E-state index >= 15 is 0 Å². The van der Waals surface area contributed by atoms with Crippen molar-refractivity contribution in [1.29, 1.82) is 0 Å². The second-order valence-electron chi connectivity index (χ2n) is 13.1. The van der Waals surface area contributed by atoms with E-state index in [0.717, 1.165) is 34.3 Å². The van der Waals surface area contributed by atoms with Crippen molar-refractivity contribution in [2.45, 2.75) is 87.5 Å². The predicted octanol–water partition coefficient (Wildman–Crippen LogP) is 9.68. The zero-order valence-corrected chi connectivity index (χ0v) is 28.5. The number of nitroso groups, excluding NO2 is 2. The Kier molecular flexibility index (Phi) is 12.0. The molecule has 0 bridgehead atoms. The van der Waals surface area contributed by atoms with Crippen molar-refractivity contribution in [1.82, 2.24) is 20.0 Å². The lowest BCUT2D eigenvalue weighted by molar-refractivity contribution is -0.142. The van der Waals surface area contributed by atoms with Crippen molar-refractivity contribution in [2.75, 3.05) is 13.1 Å². The highest BCUT2D eigenvalue weighted by Crippen LogP contribution is 2.43. The molecule has 0 spiro atoms. The number of fused-ring (bicyclic) bond motifs is 2. The van der Waals surface area contributed by atoms with Gasteiger partial charge in [0.2, 0.25) is 0 Å². The predicted molar refractivity (Wildman–Crippen MR) is 174 cm³/mol. The quantitative estimate of drug-likeness (QED) is 0.145. The first-order valence-electron chi connectivity index (χ1n) is 16.8. The third-order valence-corrected chi connectivity index (χ3v) is 9.55. The van der Waals surface area contributed by atoms with Gasteiger partial charge in [0.1, 0.15) is 23.6 Å². The highest BCUT2D eigenvalue weighted by Gasteiger charge is 2.41. The maximum Gasteiger partial charge on any atom is 0.433 e. The van der Waals surface area contributed by atoms with Crippen LogP contribution in [0, 0.1) is 9.81 Å². The molecule has 22 heteroatoms. The van der Waals surface area contributed by atoms with Crippen LogP contribution in [0.25, 0.3) is 21.8 Å². The number of alkyl halides is 12. The summed E-state index contributed by atoms with van der Waals surface area (Å²) in [6, 6.07) is 4.85. The summed E-state index contributed by atoms with van der Waals surface area (Å²) >= 11 is 0. The van der Waals surface area contributed by atoms with Gasteiger partial charge >= 0.3 is 24.7 Å². The van der Waals surface area contributed by atoms with E-state index in [1.54, 1.807) is 0 Å². The van der Waals surface area contributed by atoms with E-state index in [2.05, 4.69) is 20.5 Å². The summed E-state index contributed by atoms with van der Waals surface area (Å²) in [5.41, 5.74) is -8.31. The molecule has 2 fully saturated rings. The van der Waals surface area contributed by atoms with Gasteiger partial charge in [0.15, 0.2) is 0 Å². The molecule has 4 aromatic rings. The van der Waals surface area contributed by atoms with E-state index in [1.165, 1.54) is 0 Å². The first-order chi connectivity index (χ1) is 26.1. The highest BCUT2D eigenvalue weighted by molar-refractivity contribution is 5.87. The minimum absolute atomic E-state index is 0.203. The first-order valence-corrected chi connectivity index (χ1v) is 16.8. The molecule has 4 atom stereocenters. The molecule has 10 nitrogen and oxygen atoms in total. The number of para-hydroxylation sites is 2. The van der Waals surface area contributed by atoms with Gasteiger partial charge in [-0.3, -0.25) is 10.0 Å². The smallest absolute Gasteiger partial charge is 0.386 e. The molecule has 2 aliphatic rings. The molecule has 2 aliphatic heterocycles. The molecule has 0 unspecified atom stereocenters. The summed E-state index contributed by atoms with van der Waals surface area (Å²) in [4.78, 5) is 28.4. The first kappa shape index (κ1) is 42.3. The minimum atomic E-state index is -5.02. The number of piperidine rings is 2. The molecule has 0 saturated carbocycles. The Morgan fingerprint density at radius 2 is 0.929 bits per heavy atom. The van der Waals surface area contributed by atoms with E-state index in [4.69, 9.17) is 0 Å². The van der Waals surface area contributed by atoms with Crippen LogP contribution in [0.2, 0.25) is 0 Å². The summed E-state index contributed by atoms with van der Waals surface area (Å²) in [7, 11) is 0. The second kappa shape index (κ2) is 15.9. The molecule has 2 saturated heterocycles. The van der Waals surface area contributed by atoms with Crippen LogP contribution in [-0.2, 0) is 24.7 Å². The van der Waals surface area contributed by atoms with Crippen LogP contribution in [0.1, 0.15) is 84.4 Å². The fourth-order valence-corrected chi connectivity index (χ4v) is 6.93. The van der Waals surface area contributed by atoms with E-state index in [-0.39, 0.29) is 47.8 Å². The van der Waals surface area contributed by atoms with Crippen molar-refractivity contribution in [3.8, 4) is 0 Å². The summed E-state index contributed by atoms with van der Waals surface area (Å²) in [6.45, 7) is 0.405. The zero-order valence-electron chi connectivity index (χ0n) is 28.5. The lowest BCUT2D eigenvalue weighted by atomic mass is 9.91. The summed E-state index contributed by atoms with van der Waals surface area (Å²) in [6.07, 6.45) is -20.3. The van der Waals surface area contributed by atoms with Gasteiger partial charge in [-0.05, 0) is 73.9 Å². The van der Waals surface area contributed by atoms with Crippen molar-refractivity contribution in [2.24, 2.45) is 10.6 Å². The van der Waals surface area contributed by atoms with Crippen LogP contribution in [-0.4, -0.2) is 55.4 Å². The lowest BCUT2D eigenvalue weighted by Gasteiger charge is -2.34. The number of halogens is 12. The minimum Gasteiger partial charge on any atom is -0.386 e. The Hall–Kier alpha value is -4.86. The van der Waals surface area contributed by atoms with Gasteiger partial charge < -0.3 is 10.2 Å². The third kappa shape index (κ3) is 8.90. The average Bonchev–Trinajstić information content (AvgIpc) is 3.14. The van der Waals surface area contributed by atoms with Gasteiger partial charge in [-0.1, -0.05) is 24.3 Å². The van der Waals surface area contributed by atoms with E-state index in [9.17, 15) is 72.7 Å². The molecule has 304 valence electrons. The number of aromatic nitrogens is 2. The molecule has 0 amide bonds. The van der Waals surface area contributed by atoms with E-state index in [0.29, 0.717) is 49.9 Å². The van der Waals surface area contributed by atoms with Crippen LogP contribution in [0.5, 0.6) is 0 Å². The van der Waals surface area contributed by atoms with Crippen molar-refractivity contribution in [3.05, 3.63) is 92.0 Å². The summed E-state index contributed by atoms with van der Waals surface area (Å²) in [5, 5.41) is 28.5. The highest BCUT2D eigenvalue weighted by atomic mass is 19.4. The fourth-order valence-electron chi connectivity index (χ4n) is 6.93. The number of nitrogens with zero attached hydrogens (tertiary/aromatic N) is 6. The topological polar surface area (TPSA) is 132 Å². The molecular weight excluding hydrogens is 784 g/mol. The van der Waals surface area contributed by atoms with Gasteiger partial charge in [0, 0.05) is 23.9 Å².